The van der Waals surface area contributed by atoms with Crippen molar-refractivity contribution < 1.29 is 0 Å². The van der Waals surface area contributed by atoms with Gasteiger partial charge in [-0.15, -0.1) is 13.2 Å². The molecular formula is C17H34. The Labute approximate surface area is 110 Å². The highest BCUT2D eigenvalue weighted by atomic mass is 14.1. The molecule has 1 aliphatic carbocycles. The lowest BCUT2D eigenvalue weighted by atomic mass is 9.90. The SMILES string of the molecule is C=CC(C)CCC.C=CC1CCCCC1.CC. The maximum Gasteiger partial charge on any atom is -0.0236 e. The number of hydrogen-bond donors (Lipinski definition) is 0. The van der Waals surface area contributed by atoms with Gasteiger partial charge in [0.15, 0.2) is 0 Å². The van der Waals surface area contributed by atoms with Crippen LogP contribution in [0.3, 0.4) is 0 Å². The monoisotopic (exact) mass is 238 g/mol. The van der Waals surface area contributed by atoms with Gasteiger partial charge in [0, 0.05) is 0 Å². The predicted molar refractivity (Wildman–Crippen MR) is 82.4 cm³/mol. The molecule has 0 heteroatoms. The number of allylic oxidation sites excluding steroid dienone is 2. The van der Waals surface area contributed by atoms with Crippen LogP contribution in [0.5, 0.6) is 0 Å². The molecule has 1 unspecified atom stereocenters. The Kier molecular flexibility index (Phi) is 17.2. The van der Waals surface area contributed by atoms with E-state index in [9.17, 15) is 0 Å². The van der Waals surface area contributed by atoms with E-state index in [1.807, 2.05) is 19.9 Å². The zero-order valence-electron chi connectivity index (χ0n) is 12.7. The molecule has 0 aromatic heterocycles. The van der Waals surface area contributed by atoms with Crippen molar-refractivity contribution >= 4 is 0 Å². The second-order valence-electron chi connectivity index (χ2n) is 4.64. The van der Waals surface area contributed by atoms with Gasteiger partial charge in [-0.3, -0.25) is 0 Å². The predicted octanol–water partition coefficient (Wildman–Crippen LogP) is 6.39. The van der Waals surface area contributed by atoms with Crippen LogP contribution in [-0.4, -0.2) is 0 Å². The van der Waals surface area contributed by atoms with Gasteiger partial charge < -0.3 is 0 Å². The fourth-order valence-electron chi connectivity index (χ4n) is 1.94. The first-order valence-electron chi connectivity index (χ1n) is 7.49. The van der Waals surface area contributed by atoms with Crippen LogP contribution in [0.1, 0.15) is 72.6 Å². The van der Waals surface area contributed by atoms with E-state index >= 15 is 0 Å². The average Bonchev–Trinajstić information content (AvgIpc) is 2.43. The number of hydrogen-bond acceptors (Lipinski definition) is 0. The summed E-state index contributed by atoms with van der Waals surface area (Å²) < 4.78 is 0. The molecule has 0 spiro atoms. The molecule has 0 amide bonds. The van der Waals surface area contributed by atoms with Crippen molar-refractivity contribution in [3.63, 3.8) is 0 Å². The molecule has 0 nitrogen and oxygen atoms in total. The van der Waals surface area contributed by atoms with Gasteiger partial charge in [-0.2, -0.15) is 0 Å². The lowest BCUT2D eigenvalue weighted by Gasteiger charge is -2.16. The van der Waals surface area contributed by atoms with E-state index in [1.54, 1.807) is 0 Å². The molecule has 0 saturated heterocycles. The molecule has 0 aromatic rings. The van der Waals surface area contributed by atoms with E-state index in [0.717, 1.165) is 5.92 Å². The molecule has 0 radical (unpaired) electrons. The maximum atomic E-state index is 3.78. The fraction of sp³-hybridized carbons (Fsp3) is 0.765. The van der Waals surface area contributed by atoms with Crippen molar-refractivity contribution in [2.75, 3.05) is 0 Å². The topological polar surface area (TPSA) is 0 Å². The largest absolute Gasteiger partial charge is 0.103 e. The van der Waals surface area contributed by atoms with Crippen molar-refractivity contribution in [2.45, 2.75) is 72.6 Å². The molecule has 102 valence electrons. The summed E-state index contributed by atoms with van der Waals surface area (Å²) in [7, 11) is 0. The molecule has 17 heavy (non-hydrogen) atoms. The molecule has 1 fully saturated rings. The third-order valence-electron chi connectivity index (χ3n) is 3.13. The van der Waals surface area contributed by atoms with Crippen molar-refractivity contribution in [2.24, 2.45) is 11.8 Å². The molecule has 0 N–H and O–H groups in total. The summed E-state index contributed by atoms with van der Waals surface area (Å²) in [4.78, 5) is 0. The summed E-state index contributed by atoms with van der Waals surface area (Å²) in [6, 6.07) is 0. The Morgan fingerprint density at radius 1 is 1.12 bits per heavy atom. The summed E-state index contributed by atoms with van der Waals surface area (Å²) in [6.45, 7) is 15.8. The van der Waals surface area contributed by atoms with E-state index in [-0.39, 0.29) is 0 Å². The molecule has 1 rings (SSSR count). The molecule has 0 bridgehead atoms. The smallest absolute Gasteiger partial charge is 0.0236 e. The van der Waals surface area contributed by atoms with Gasteiger partial charge in [-0.1, -0.05) is 65.5 Å². The third-order valence-corrected chi connectivity index (χ3v) is 3.13. The summed E-state index contributed by atoms with van der Waals surface area (Å²) in [6.07, 6.45) is 13.8. The lowest BCUT2D eigenvalue weighted by Crippen LogP contribution is -2.01. The minimum atomic E-state index is 0.713. The second-order valence-corrected chi connectivity index (χ2v) is 4.64. The Balaban J connectivity index is 0. The normalized spacial score (nSPS) is 16.7. The number of rotatable bonds is 4. The average molecular weight is 238 g/mol. The Morgan fingerprint density at radius 3 is 1.88 bits per heavy atom. The van der Waals surface area contributed by atoms with Gasteiger partial charge in [0.2, 0.25) is 0 Å². The Bertz CT molecular complexity index is 151. The van der Waals surface area contributed by atoms with Crippen LogP contribution >= 0.6 is 0 Å². The van der Waals surface area contributed by atoms with Gasteiger partial charge in [0.1, 0.15) is 0 Å². The zero-order chi connectivity index (χ0) is 13.5. The summed E-state index contributed by atoms with van der Waals surface area (Å²) in [5.74, 6) is 1.56. The molecule has 1 atom stereocenters. The van der Waals surface area contributed by atoms with Gasteiger partial charge in [-0.05, 0) is 31.1 Å². The second kappa shape index (κ2) is 15.5. The molecule has 0 heterocycles. The van der Waals surface area contributed by atoms with Crippen molar-refractivity contribution in [3.8, 4) is 0 Å². The minimum Gasteiger partial charge on any atom is -0.103 e. The van der Waals surface area contributed by atoms with Crippen molar-refractivity contribution in [1.82, 2.24) is 0 Å². The van der Waals surface area contributed by atoms with E-state index in [2.05, 4.69) is 33.1 Å². The fourth-order valence-corrected chi connectivity index (χ4v) is 1.94. The van der Waals surface area contributed by atoms with Gasteiger partial charge in [0.25, 0.3) is 0 Å². The molecule has 1 aliphatic rings. The summed E-state index contributed by atoms with van der Waals surface area (Å²) >= 11 is 0. The maximum absolute atomic E-state index is 3.78. The van der Waals surface area contributed by atoms with Crippen LogP contribution < -0.4 is 0 Å². The third kappa shape index (κ3) is 13.4. The highest BCUT2D eigenvalue weighted by Crippen LogP contribution is 2.23. The first kappa shape index (κ1) is 18.8. The lowest BCUT2D eigenvalue weighted by molar-refractivity contribution is 0.420. The van der Waals surface area contributed by atoms with Crippen molar-refractivity contribution in [3.05, 3.63) is 25.3 Å². The Morgan fingerprint density at radius 2 is 1.65 bits per heavy atom. The van der Waals surface area contributed by atoms with E-state index < -0.39 is 0 Å². The van der Waals surface area contributed by atoms with Gasteiger partial charge in [-0.25, -0.2) is 0 Å². The van der Waals surface area contributed by atoms with Crippen LogP contribution in [-0.2, 0) is 0 Å². The highest BCUT2D eigenvalue weighted by molar-refractivity contribution is 4.80. The van der Waals surface area contributed by atoms with Crippen LogP contribution in [0.15, 0.2) is 25.3 Å². The molecular weight excluding hydrogens is 204 g/mol. The minimum absolute atomic E-state index is 0.713. The standard InChI is InChI=1S/C8H14.C7H14.C2H6/c1-2-8-6-4-3-5-7-8;1-4-6-7(3)5-2;1-2/h2,8H,1,3-7H2;5,7H,2,4,6H2,1,3H3;1-2H3. The highest BCUT2D eigenvalue weighted by Gasteiger charge is 2.07. The summed E-state index contributed by atoms with van der Waals surface area (Å²) in [5, 5.41) is 0. The first-order chi connectivity index (χ1) is 8.24. The van der Waals surface area contributed by atoms with Gasteiger partial charge >= 0.3 is 0 Å². The quantitative estimate of drug-likeness (QED) is 0.498. The molecule has 0 aliphatic heterocycles. The molecule has 0 aromatic carbocycles. The first-order valence-corrected chi connectivity index (χ1v) is 7.49. The molecule has 1 saturated carbocycles. The summed E-state index contributed by atoms with van der Waals surface area (Å²) in [5.41, 5.74) is 0. The van der Waals surface area contributed by atoms with Crippen LogP contribution in [0.4, 0.5) is 0 Å². The van der Waals surface area contributed by atoms with E-state index in [4.69, 9.17) is 0 Å². The van der Waals surface area contributed by atoms with Crippen LogP contribution in [0, 0.1) is 11.8 Å². The van der Waals surface area contributed by atoms with Crippen LogP contribution in [0.25, 0.3) is 0 Å². The van der Waals surface area contributed by atoms with Gasteiger partial charge in [0.05, 0.1) is 0 Å². The zero-order valence-corrected chi connectivity index (χ0v) is 12.7. The van der Waals surface area contributed by atoms with Crippen molar-refractivity contribution in [1.29, 1.82) is 0 Å². The Hall–Kier alpha value is -0.520. The van der Waals surface area contributed by atoms with E-state index in [0.29, 0.717) is 5.92 Å². The van der Waals surface area contributed by atoms with Crippen LogP contribution in [0.2, 0.25) is 0 Å². The van der Waals surface area contributed by atoms with E-state index in [1.165, 1.54) is 44.9 Å².